The summed E-state index contributed by atoms with van der Waals surface area (Å²) in [6.45, 7) is 0. The standard InChI is InChI=1S/C20H15N4O3/c21-14-10-11-17(18(12-14)24(26)27)23-20(25)16-9-5-4-8-15(16)19(22-23)13-6-2-1-3-7-13/h1-12H,21H2,(H,26,27)/q+1. The number of hydrogen-bond donors (Lipinski definition) is 2. The first kappa shape index (κ1) is 16.5. The molecule has 0 unspecified atom stereocenters. The average molecular weight is 359 g/mol. The van der Waals surface area contributed by atoms with E-state index in [4.69, 9.17) is 5.73 Å². The van der Waals surface area contributed by atoms with Crippen molar-refractivity contribution in [2.75, 3.05) is 5.73 Å². The SMILES string of the molecule is Nc1ccc(-n2nc(-c3ccccc3)c3ccccc3c2=O)c([N+](=O)O)c1. The molecule has 0 saturated carbocycles. The molecule has 0 bridgehead atoms. The summed E-state index contributed by atoms with van der Waals surface area (Å²) in [5.41, 5.74) is 6.96. The minimum atomic E-state index is -0.404. The van der Waals surface area contributed by atoms with Crippen molar-refractivity contribution in [2.24, 2.45) is 0 Å². The highest BCUT2D eigenvalue weighted by molar-refractivity contribution is 5.94. The number of fused-ring (bicyclic) bond motifs is 1. The van der Waals surface area contributed by atoms with Crippen LogP contribution in [-0.2, 0) is 0 Å². The summed E-state index contributed by atoms with van der Waals surface area (Å²) >= 11 is 0. The van der Waals surface area contributed by atoms with E-state index < -0.39 is 5.56 Å². The van der Waals surface area contributed by atoms with Crippen LogP contribution in [0.15, 0.2) is 77.6 Å². The highest BCUT2D eigenvalue weighted by Crippen LogP contribution is 2.28. The Hall–Kier alpha value is -4.00. The molecule has 0 aliphatic carbocycles. The fourth-order valence-electron chi connectivity index (χ4n) is 3.03. The van der Waals surface area contributed by atoms with Crippen molar-refractivity contribution in [3.8, 4) is 16.9 Å². The van der Waals surface area contributed by atoms with Gasteiger partial charge < -0.3 is 5.73 Å². The topological polar surface area (TPSA) is 101 Å². The van der Waals surface area contributed by atoms with E-state index in [1.165, 1.54) is 18.2 Å². The lowest BCUT2D eigenvalue weighted by Crippen LogP contribution is -2.23. The normalized spacial score (nSPS) is 10.8. The first-order chi connectivity index (χ1) is 13.1. The lowest BCUT2D eigenvalue weighted by Gasteiger charge is -2.11. The maximum absolute atomic E-state index is 13.0. The molecule has 0 radical (unpaired) electrons. The third kappa shape index (κ3) is 2.81. The molecule has 4 aromatic rings. The third-order valence-corrected chi connectivity index (χ3v) is 4.29. The van der Waals surface area contributed by atoms with Gasteiger partial charge >= 0.3 is 5.69 Å². The summed E-state index contributed by atoms with van der Waals surface area (Å²) in [6, 6.07) is 20.8. The lowest BCUT2D eigenvalue weighted by molar-refractivity contribution is -0.729. The van der Waals surface area contributed by atoms with Crippen LogP contribution < -0.4 is 11.3 Å². The van der Waals surface area contributed by atoms with Crippen LogP contribution in [0.5, 0.6) is 0 Å². The summed E-state index contributed by atoms with van der Waals surface area (Å²) < 4.78 is 1.11. The van der Waals surface area contributed by atoms with Crippen molar-refractivity contribution in [3.05, 3.63) is 88.1 Å². The molecular weight excluding hydrogens is 344 g/mol. The number of rotatable bonds is 3. The molecule has 4 rings (SSSR count). The Bertz CT molecular complexity index is 1230. The Morgan fingerprint density at radius 2 is 1.59 bits per heavy atom. The van der Waals surface area contributed by atoms with Gasteiger partial charge in [-0.3, -0.25) is 4.79 Å². The molecule has 27 heavy (non-hydrogen) atoms. The van der Waals surface area contributed by atoms with Gasteiger partial charge in [-0.2, -0.15) is 9.78 Å². The maximum atomic E-state index is 13.0. The molecule has 0 atom stereocenters. The van der Waals surface area contributed by atoms with E-state index in [-0.39, 0.29) is 22.0 Å². The molecule has 0 saturated heterocycles. The van der Waals surface area contributed by atoms with Crippen molar-refractivity contribution < 1.29 is 10.1 Å². The first-order valence-electron chi connectivity index (χ1n) is 8.20. The van der Waals surface area contributed by atoms with Crippen LogP contribution in [0.2, 0.25) is 0 Å². The largest absolute Gasteiger partial charge is 0.399 e. The molecule has 132 valence electrons. The van der Waals surface area contributed by atoms with Crippen LogP contribution in [-0.4, -0.2) is 19.9 Å². The number of nitrogens with zero attached hydrogens (tertiary/aromatic N) is 3. The summed E-state index contributed by atoms with van der Waals surface area (Å²) in [6.07, 6.45) is 0. The minimum absolute atomic E-state index is 0.134. The Morgan fingerprint density at radius 1 is 0.926 bits per heavy atom. The molecule has 0 aliphatic heterocycles. The monoisotopic (exact) mass is 359 g/mol. The Labute approximate surface area is 153 Å². The molecule has 0 aliphatic rings. The number of anilines is 1. The van der Waals surface area contributed by atoms with Crippen molar-refractivity contribution >= 4 is 22.1 Å². The number of nitrogens with two attached hydrogens (primary N) is 1. The van der Waals surface area contributed by atoms with Crippen LogP contribution in [0, 0.1) is 4.91 Å². The molecule has 0 fully saturated rings. The molecule has 0 spiro atoms. The van der Waals surface area contributed by atoms with E-state index in [1.807, 2.05) is 42.5 Å². The highest BCUT2D eigenvalue weighted by atomic mass is 16.6. The Morgan fingerprint density at radius 3 is 2.30 bits per heavy atom. The van der Waals surface area contributed by atoms with Gasteiger partial charge in [0.25, 0.3) is 10.5 Å². The molecule has 1 aromatic heterocycles. The van der Waals surface area contributed by atoms with Crippen LogP contribution in [0.1, 0.15) is 0 Å². The van der Waals surface area contributed by atoms with Gasteiger partial charge in [-0.1, -0.05) is 48.5 Å². The summed E-state index contributed by atoms with van der Waals surface area (Å²) in [4.78, 5) is 24.3. The molecule has 3 N–H and O–H groups in total. The van der Waals surface area contributed by atoms with Crippen LogP contribution in [0.25, 0.3) is 27.7 Å². The van der Waals surface area contributed by atoms with Gasteiger partial charge in [-0.05, 0) is 18.2 Å². The highest BCUT2D eigenvalue weighted by Gasteiger charge is 2.23. The van der Waals surface area contributed by atoms with Gasteiger partial charge in [-0.25, -0.2) is 5.21 Å². The van der Waals surface area contributed by atoms with Crippen LogP contribution in [0.4, 0.5) is 11.4 Å². The smallest absolute Gasteiger partial charge is 0.344 e. The van der Waals surface area contributed by atoms with Gasteiger partial charge in [-0.15, -0.1) is 0 Å². The van der Waals surface area contributed by atoms with Gasteiger partial charge in [0.15, 0.2) is 5.69 Å². The number of nitrogen functional groups attached to an aromatic ring is 1. The second-order valence-corrected chi connectivity index (χ2v) is 6.00. The zero-order chi connectivity index (χ0) is 19.0. The third-order valence-electron chi connectivity index (χ3n) is 4.29. The maximum Gasteiger partial charge on any atom is 0.344 e. The molecule has 0 amide bonds. The predicted molar refractivity (Wildman–Crippen MR) is 102 cm³/mol. The van der Waals surface area contributed by atoms with E-state index in [1.54, 1.807) is 12.1 Å². The van der Waals surface area contributed by atoms with Gasteiger partial charge in [0.05, 0.1) is 16.0 Å². The van der Waals surface area contributed by atoms with E-state index >= 15 is 0 Å². The summed E-state index contributed by atoms with van der Waals surface area (Å²) in [5, 5.41) is 15.1. The van der Waals surface area contributed by atoms with Crippen LogP contribution >= 0.6 is 0 Å². The summed E-state index contributed by atoms with van der Waals surface area (Å²) in [7, 11) is 0. The summed E-state index contributed by atoms with van der Waals surface area (Å²) in [5.74, 6) is 0. The molecule has 1 heterocycles. The zero-order valence-corrected chi connectivity index (χ0v) is 14.1. The van der Waals surface area contributed by atoms with Gasteiger partial charge in [0, 0.05) is 22.7 Å². The number of benzene rings is 3. The van der Waals surface area contributed by atoms with Crippen molar-refractivity contribution in [1.29, 1.82) is 0 Å². The Kier molecular flexibility index (Phi) is 3.89. The molecule has 3 aromatic carbocycles. The van der Waals surface area contributed by atoms with E-state index in [0.717, 1.165) is 10.2 Å². The minimum Gasteiger partial charge on any atom is -0.399 e. The number of hydrogen-bond acceptors (Lipinski definition) is 4. The fraction of sp³-hybridized carbons (Fsp3) is 0. The van der Waals surface area contributed by atoms with E-state index in [2.05, 4.69) is 5.10 Å². The second kappa shape index (κ2) is 6.38. The predicted octanol–water partition coefficient (Wildman–Crippen LogP) is 3.43. The quantitative estimate of drug-likeness (QED) is 0.431. The van der Waals surface area contributed by atoms with Crippen molar-refractivity contribution in [1.82, 2.24) is 9.78 Å². The van der Waals surface area contributed by atoms with Gasteiger partial charge in [0.2, 0.25) is 0 Å². The van der Waals surface area contributed by atoms with Gasteiger partial charge in [0.1, 0.15) is 0 Å². The fourth-order valence-corrected chi connectivity index (χ4v) is 3.03. The second-order valence-electron chi connectivity index (χ2n) is 6.00. The molecule has 7 nitrogen and oxygen atoms in total. The molecular formula is C20H15N4O3+. The van der Waals surface area contributed by atoms with E-state index in [9.17, 15) is 14.9 Å². The average Bonchev–Trinajstić information content (AvgIpc) is 2.69. The molecule has 7 heteroatoms. The number of aromatic nitrogens is 2. The van der Waals surface area contributed by atoms with E-state index in [0.29, 0.717) is 16.5 Å². The Balaban J connectivity index is 2.11. The van der Waals surface area contributed by atoms with Crippen molar-refractivity contribution in [3.63, 3.8) is 0 Å². The lowest BCUT2D eigenvalue weighted by atomic mass is 10.1. The zero-order valence-electron chi connectivity index (χ0n) is 14.1. The van der Waals surface area contributed by atoms with Crippen LogP contribution in [0.3, 0.4) is 0 Å². The first-order valence-corrected chi connectivity index (χ1v) is 8.20. The van der Waals surface area contributed by atoms with Crippen molar-refractivity contribution in [2.45, 2.75) is 0 Å².